The van der Waals surface area contributed by atoms with Crippen molar-refractivity contribution in [1.29, 1.82) is 0 Å². The van der Waals surface area contributed by atoms with Crippen molar-refractivity contribution in [3.63, 3.8) is 0 Å². The molecule has 0 spiro atoms. The minimum atomic E-state index is 0.689. The van der Waals surface area contributed by atoms with Crippen molar-refractivity contribution in [3.05, 3.63) is 29.8 Å². The van der Waals surface area contributed by atoms with Crippen molar-refractivity contribution < 1.29 is 4.74 Å². The van der Waals surface area contributed by atoms with Gasteiger partial charge < -0.3 is 10.1 Å². The molecule has 0 radical (unpaired) electrons. The Morgan fingerprint density at radius 2 is 2.33 bits per heavy atom. The molecule has 2 unspecified atom stereocenters. The average Bonchev–Trinajstić information content (AvgIpc) is 2.41. The Bertz CT molecular complexity index is 369. The van der Waals surface area contributed by atoms with Crippen LogP contribution in [0.5, 0.6) is 5.75 Å². The van der Waals surface area contributed by atoms with E-state index in [2.05, 4.69) is 42.2 Å². The monoisotopic (exact) mass is 265 g/mol. The number of hydrogen-bond donors (Lipinski definition) is 1. The molecule has 0 aliphatic carbocycles. The third kappa shape index (κ3) is 3.92. The molecule has 0 bridgehead atoms. The molecule has 1 aliphatic heterocycles. The Morgan fingerprint density at radius 1 is 1.44 bits per heavy atom. The second kappa shape index (κ2) is 7.05. The number of benzene rings is 1. The fourth-order valence-corrected chi connectivity index (χ4v) is 3.59. The number of ether oxygens (including phenoxy) is 1. The van der Waals surface area contributed by atoms with E-state index >= 15 is 0 Å². The third-order valence-electron chi connectivity index (χ3n) is 3.56. The molecule has 0 aromatic heterocycles. The van der Waals surface area contributed by atoms with Gasteiger partial charge in [-0.15, -0.1) is 0 Å². The number of thioether (sulfide) groups is 1. The van der Waals surface area contributed by atoms with Gasteiger partial charge in [0.15, 0.2) is 0 Å². The van der Waals surface area contributed by atoms with Crippen LogP contribution in [0.3, 0.4) is 0 Å². The van der Waals surface area contributed by atoms with Crippen molar-refractivity contribution in [2.45, 2.75) is 37.5 Å². The first-order valence-electron chi connectivity index (χ1n) is 6.77. The molecule has 0 saturated carbocycles. The van der Waals surface area contributed by atoms with Crippen LogP contribution in [0.4, 0.5) is 0 Å². The normalized spacial score (nSPS) is 23.9. The highest BCUT2D eigenvalue weighted by atomic mass is 32.2. The molecular formula is C15H23NOS. The first kappa shape index (κ1) is 13.8. The van der Waals surface area contributed by atoms with Crippen molar-refractivity contribution in [2.24, 2.45) is 0 Å². The van der Waals surface area contributed by atoms with Gasteiger partial charge in [0.25, 0.3) is 0 Å². The Balaban J connectivity index is 1.77. The maximum Gasteiger partial charge on any atom is 0.119 e. The van der Waals surface area contributed by atoms with E-state index < -0.39 is 0 Å². The zero-order valence-corrected chi connectivity index (χ0v) is 12.1. The summed E-state index contributed by atoms with van der Waals surface area (Å²) in [6.07, 6.45) is 3.75. The fraction of sp³-hybridized carbons (Fsp3) is 0.600. The van der Waals surface area contributed by atoms with E-state index in [4.69, 9.17) is 4.74 Å². The van der Waals surface area contributed by atoms with Gasteiger partial charge in [0.2, 0.25) is 0 Å². The van der Waals surface area contributed by atoms with Crippen LogP contribution in [-0.2, 0) is 6.42 Å². The summed E-state index contributed by atoms with van der Waals surface area (Å²) in [4.78, 5) is 0. The number of methoxy groups -OCH3 is 1. The maximum atomic E-state index is 5.24. The summed E-state index contributed by atoms with van der Waals surface area (Å²) >= 11 is 2.10. The highest BCUT2D eigenvalue weighted by Crippen LogP contribution is 2.24. The Kier molecular flexibility index (Phi) is 5.39. The average molecular weight is 265 g/mol. The van der Waals surface area contributed by atoms with Crippen molar-refractivity contribution in [3.8, 4) is 5.75 Å². The summed E-state index contributed by atoms with van der Waals surface area (Å²) in [7, 11) is 1.72. The molecule has 3 heteroatoms. The largest absolute Gasteiger partial charge is 0.497 e. The maximum absolute atomic E-state index is 5.24. The highest BCUT2D eigenvalue weighted by Gasteiger charge is 2.20. The zero-order chi connectivity index (χ0) is 12.8. The van der Waals surface area contributed by atoms with E-state index in [0.29, 0.717) is 6.04 Å². The van der Waals surface area contributed by atoms with Gasteiger partial charge in [-0.1, -0.05) is 19.1 Å². The molecule has 1 N–H and O–H groups in total. The van der Waals surface area contributed by atoms with Crippen LogP contribution in [0.1, 0.15) is 25.3 Å². The standard InChI is InChI=1S/C15H23NOS/c1-12-15(7-4-10-18-12)16-9-8-13-5-3-6-14(11-13)17-2/h3,5-6,11-12,15-16H,4,7-10H2,1-2H3. The van der Waals surface area contributed by atoms with Crippen molar-refractivity contribution >= 4 is 11.8 Å². The summed E-state index contributed by atoms with van der Waals surface area (Å²) in [5, 5.41) is 4.45. The summed E-state index contributed by atoms with van der Waals surface area (Å²) in [6, 6.07) is 9.04. The number of rotatable bonds is 5. The molecule has 18 heavy (non-hydrogen) atoms. The summed E-state index contributed by atoms with van der Waals surface area (Å²) in [5.41, 5.74) is 1.35. The molecule has 1 aromatic carbocycles. The lowest BCUT2D eigenvalue weighted by atomic mass is 10.1. The van der Waals surface area contributed by atoms with E-state index in [9.17, 15) is 0 Å². The van der Waals surface area contributed by atoms with Gasteiger partial charge >= 0.3 is 0 Å². The number of nitrogens with one attached hydrogen (secondary N) is 1. The van der Waals surface area contributed by atoms with Crippen LogP contribution in [-0.4, -0.2) is 30.7 Å². The van der Waals surface area contributed by atoms with E-state index in [-0.39, 0.29) is 0 Å². The highest BCUT2D eigenvalue weighted by molar-refractivity contribution is 7.99. The van der Waals surface area contributed by atoms with E-state index in [1.807, 2.05) is 6.07 Å². The van der Waals surface area contributed by atoms with Gasteiger partial charge in [0.1, 0.15) is 5.75 Å². The molecule has 2 atom stereocenters. The van der Waals surface area contributed by atoms with E-state index in [1.54, 1.807) is 7.11 Å². The Labute approximate surface area is 114 Å². The Hall–Kier alpha value is -0.670. The second-order valence-corrected chi connectivity index (χ2v) is 6.37. The quantitative estimate of drug-likeness (QED) is 0.884. The Morgan fingerprint density at radius 3 is 3.11 bits per heavy atom. The van der Waals surface area contributed by atoms with E-state index in [0.717, 1.165) is 24.0 Å². The summed E-state index contributed by atoms with van der Waals surface area (Å²) in [5.74, 6) is 2.28. The molecule has 0 amide bonds. The summed E-state index contributed by atoms with van der Waals surface area (Å²) in [6.45, 7) is 3.40. The SMILES string of the molecule is COc1cccc(CCNC2CCCSC2C)c1. The molecule has 100 valence electrons. The van der Waals surface area contributed by atoms with Crippen molar-refractivity contribution in [1.82, 2.24) is 5.32 Å². The lowest BCUT2D eigenvalue weighted by Gasteiger charge is -2.29. The predicted molar refractivity (Wildman–Crippen MR) is 79.6 cm³/mol. The lowest BCUT2D eigenvalue weighted by molar-refractivity contribution is 0.414. The van der Waals surface area contributed by atoms with Crippen LogP contribution in [0, 0.1) is 0 Å². The van der Waals surface area contributed by atoms with Crippen LogP contribution >= 0.6 is 11.8 Å². The van der Waals surface area contributed by atoms with Crippen LogP contribution in [0.15, 0.2) is 24.3 Å². The first-order valence-corrected chi connectivity index (χ1v) is 7.82. The molecule has 1 aliphatic rings. The van der Waals surface area contributed by atoms with Gasteiger partial charge in [-0.3, -0.25) is 0 Å². The lowest BCUT2D eigenvalue weighted by Crippen LogP contribution is -2.40. The van der Waals surface area contributed by atoms with Gasteiger partial charge in [0, 0.05) is 11.3 Å². The van der Waals surface area contributed by atoms with Gasteiger partial charge in [-0.25, -0.2) is 0 Å². The fourth-order valence-electron chi connectivity index (χ4n) is 2.42. The molecule has 1 heterocycles. The topological polar surface area (TPSA) is 21.3 Å². The first-order chi connectivity index (χ1) is 8.79. The third-order valence-corrected chi connectivity index (χ3v) is 4.94. The van der Waals surface area contributed by atoms with Gasteiger partial charge in [-0.05, 0) is 49.3 Å². The smallest absolute Gasteiger partial charge is 0.119 e. The molecule has 2 nitrogen and oxygen atoms in total. The van der Waals surface area contributed by atoms with Crippen LogP contribution in [0.25, 0.3) is 0 Å². The zero-order valence-electron chi connectivity index (χ0n) is 11.3. The minimum Gasteiger partial charge on any atom is -0.497 e. The van der Waals surface area contributed by atoms with E-state index in [1.165, 1.54) is 24.2 Å². The van der Waals surface area contributed by atoms with Gasteiger partial charge in [0.05, 0.1) is 7.11 Å². The number of hydrogen-bond acceptors (Lipinski definition) is 3. The second-order valence-electron chi connectivity index (χ2n) is 4.88. The van der Waals surface area contributed by atoms with Crippen molar-refractivity contribution in [2.75, 3.05) is 19.4 Å². The molecule has 1 saturated heterocycles. The predicted octanol–water partition coefficient (Wildman–Crippen LogP) is 3.11. The summed E-state index contributed by atoms with van der Waals surface area (Å²) < 4.78 is 5.24. The minimum absolute atomic E-state index is 0.689. The van der Waals surface area contributed by atoms with Crippen LogP contribution < -0.4 is 10.1 Å². The van der Waals surface area contributed by atoms with Gasteiger partial charge in [-0.2, -0.15) is 11.8 Å². The molecule has 2 rings (SSSR count). The van der Waals surface area contributed by atoms with Crippen LogP contribution in [0.2, 0.25) is 0 Å². The molecule has 1 aromatic rings. The molecular weight excluding hydrogens is 242 g/mol. The molecule has 1 fully saturated rings.